The largest absolute Gasteiger partial charge is 0.573 e. The minimum absolute atomic E-state index is 0.124. The number of nitrogens with zero attached hydrogens (tertiary/aromatic N) is 5. The molecule has 0 bridgehead atoms. The van der Waals surface area contributed by atoms with Gasteiger partial charge in [0.1, 0.15) is 5.75 Å². The van der Waals surface area contributed by atoms with E-state index in [1.165, 1.54) is 30.0 Å². The second kappa shape index (κ2) is 7.26. The number of anilines is 1. The molecule has 1 aliphatic heterocycles. The Bertz CT molecular complexity index is 884. The number of tetrazole rings is 1. The minimum Gasteiger partial charge on any atom is -0.406 e. The standard InChI is InChI=1S/C17H18F3N5O2S/c1-10(28-16-21-22-23-25(16)12-4-5-12)15(26)24-8-2-3-11-9-13(6-7-14(11)24)27-17(18,19)20/h6-7,9-10,12H,2-5,8H2,1H3. The van der Waals surface area contributed by atoms with Gasteiger partial charge in [0, 0.05) is 12.2 Å². The zero-order chi connectivity index (χ0) is 19.9. The van der Waals surface area contributed by atoms with Gasteiger partial charge in [-0.2, -0.15) is 0 Å². The van der Waals surface area contributed by atoms with Crippen molar-refractivity contribution < 1.29 is 22.7 Å². The molecule has 1 aliphatic carbocycles. The van der Waals surface area contributed by atoms with Gasteiger partial charge in [0.25, 0.3) is 0 Å². The van der Waals surface area contributed by atoms with Gasteiger partial charge in [0.2, 0.25) is 11.1 Å². The lowest BCUT2D eigenvalue weighted by Gasteiger charge is -2.31. The summed E-state index contributed by atoms with van der Waals surface area (Å²) < 4.78 is 43.1. The average molecular weight is 413 g/mol. The molecule has 1 fully saturated rings. The molecule has 1 unspecified atom stereocenters. The third-order valence-electron chi connectivity index (χ3n) is 4.65. The van der Waals surface area contributed by atoms with Gasteiger partial charge in [-0.25, -0.2) is 4.68 Å². The maximum Gasteiger partial charge on any atom is 0.573 e. The molecular formula is C17H18F3N5O2S. The summed E-state index contributed by atoms with van der Waals surface area (Å²) in [6.45, 7) is 2.30. The van der Waals surface area contributed by atoms with Gasteiger partial charge in [-0.15, -0.1) is 18.3 Å². The molecule has 2 aromatic rings. The number of carbonyl (C=O) groups excluding carboxylic acids is 1. The van der Waals surface area contributed by atoms with Gasteiger partial charge >= 0.3 is 6.36 Å². The minimum atomic E-state index is -4.74. The molecule has 2 heterocycles. The topological polar surface area (TPSA) is 73.1 Å². The number of hydrogen-bond donors (Lipinski definition) is 0. The maximum atomic E-state index is 13.0. The van der Waals surface area contributed by atoms with Crippen molar-refractivity contribution in [3.05, 3.63) is 23.8 Å². The number of thioether (sulfide) groups is 1. The first-order chi connectivity index (χ1) is 13.3. The highest BCUT2D eigenvalue weighted by atomic mass is 32.2. The molecule has 1 aromatic heterocycles. The van der Waals surface area contributed by atoms with Crippen LogP contribution in [0.25, 0.3) is 0 Å². The molecule has 0 spiro atoms. The zero-order valence-electron chi connectivity index (χ0n) is 15.0. The van der Waals surface area contributed by atoms with E-state index in [-0.39, 0.29) is 11.7 Å². The molecule has 11 heteroatoms. The Balaban J connectivity index is 1.50. The summed E-state index contributed by atoms with van der Waals surface area (Å²) in [4.78, 5) is 14.6. The lowest BCUT2D eigenvalue weighted by molar-refractivity contribution is -0.274. The van der Waals surface area contributed by atoms with Crippen molar-refractivity contribution in [1.29, 1.82) is 0 Å². The number of halogens is 3. The number of hydrogen-bond acceptors (Lipinski definition) is 6. The van der Waals surface area contributed by atoms with Gasteiger partial charge in [-0.05, 0) is 66.8 Å². The van der Waals surface area contributed by atoms with Crippen LogP contribution in [0.2, 0.25) is 0 Å². The second-order valence-electron chi connectivity index (χ2n) is 6.83. The molecule has 1 aromatic carbocycles. The van der Waals surface area contributed by atoms with Crippen molar-refractivity contribution in [1.82, 2.24) is 20.2 Å². The van der Waals surface area contributed by atoms with Crippen LogP contribution in [0.15, 0.2) is 23.4 Å². The van der Waals surface area contributed by atoms with E-state index in [4.69, 9.17) is 0 Å². The van der Waals surface area contributed by atoms with E-state index in [9.17, 15) is 18.0 Å². The van der Waals surface area contributed by atoms with Gasteiger partial charge < -0.3 is 9.64 Å². The highest BCUT2D eigenvalue weighted by molar-refractivity contribution is 8.00. The number of aryl methyl sites for hydroxylation is 1. The van der Waals surface area contributed by atoms with E-state index >= 15 is 0 Å². The van der Waals surface area contributed by atoms with Crippen LogP contribution in [-0.2, 0) is 11.2 Å². The Hall–Kier alpha value is -2.30. The monoisotopic (exact) mass is 413 g/mol. The zero-order valence-corrected chi connectivity index (χ0v) is 15.8. The normalized spacial score (nSPS) is 17.9. The predicted molar refractivity (Wildman–Crippen MR) is 95.2 cm³/mol. The Kier molecular flexibility index (Phi) is 4.94. The number of rotatable bonds is 5. The van der Waals surface area contributed by atoms with Crippen LogP contribution >= 0.6 is 11.8 Å². The van der Waals surface area contributed by atoms with Crippen LogP contribution in [0, 0.1) is 0 Å². The van der Waals surface area contributed by atoms with Crippen LogP contribution in [0.4, 0.5) is 18.9 Å². The second-order valence-corrected chi connectivity index (χ2v) is 8.14. The van der Waals surface area contributed by atoms with E-state index in [1.54, 1.807) is 16.5 Å². The molecular weight excluding hydrogens is 395 g/mol. The van der Waals surface area contributed by atoms with Crippen LogP contribution < -0.4 is 9.64 Å². The first kappa shape index (κ1) is 19.0. The summed E-state index contributed by atoms with van der Waals surface area (Å²) in [5.74, 6) is -0.396. The molecule has 4 rings (SSSR count). The first-order valence-electron chi connectivity index (χ1n) is 8.96. The van der Waals surface area contributed by atoms with Crippen molar-refractivity contribution >= 4 is 23.4 Å². The van der Waals surface area contributed by atoms with E-state index in [0.717, 1.165) is 12.8 Å². The fourth-order valence-corrected chi connectivity index (χ4v) is 4.16. The van der Waals surface area contributed by atoms with E-state index in [0.29, 0.717) is 41.8 Å². The Morgan fingerprint density at radius 3 is 2.86 bits per heavy atom. The molecule has 0 N–H and O–H groups in total. The number of alkyl halides is 3. The molecule has 28 heavy (non-hydrogen) atoms. The highest BCUT2D eigenvalue weighted by Gasteiger charge is 2.33. The summed E-state index contributed by atoms with van der Waals surface area (Å²) >= 11 is 1.29. The number of amides is 1. The SMILES string of the molecule is CC(Sc1nnnn1C1CC1)C(=O)N1CCCc2cc(OC(F)(F)F)ccc21. The Labute approximate surface area is 163 Å². The van der Waals surface area contributed by atoms with Crippen LogP contribution in [0.5, 0.6) is 5.75 Å². The van der Waals surface area contributed by atoms with Gasteiger partial charge in [0.15, 0.2) is 0 Å². The number of benzene rings is 1. The summed E-state index contributed by atoms with van der Waals surface area (Å²) in [6, 6.07) is 4.42. The summed E-state index contributed by atoms with van der Waals surface area (Å²) in [6.07, 6.45) is -1.42. The fourth-order valence-electron chi connectivity index (χ4n) is 3.24. The number of ether oxygens (including phenoxy) is 1. The van der Waals surface area contributed by atoms with Crippen LogP contribution in [-0.4, -0.2) is 44.3 Å². The van der Waals surface area contributed by atoms with Gasteiger partial charge in [-0.1, -0.05) is 11.8 Å². The number of fused-ring (bicyclic) bond motifs is 1. The molecule has 0 radical (unpaired) electrons. The van der Waals surface area contributed by atoms with Crippen LogP contribution in [0.1, 0.15) is 37.8 Å². The van der Waals surface area contributed by atoms with Crippen molar-refractivity contribution in [3.63, 3.8) is 0 Å². The van der Waals surface area contributed by atoms with Crippen molar-refractivity contribution in [3.8, 4) is 5.75 Å². The maximum absolute atomic E-state index is 13.0. The van der Waals surface area contributed by atoms with Gasteiger partial charge in [0.05, 0.1) is 11.3 Å². The van der Waals surface area contributed by atoms with E-state index < -0.39 is 11.6 Å². The predicted octanol–water partition coefficient (Wildman–Crippen LogP) is 3.37. The average Bonchev–Trinajstić information content (AvgIpc) is 3.38. The third kappa shape index (κ3) is 4.08. The van der Waals surface area contributed by atoms with Crippen LogP contribution in [0.3, 0.4) is 0 Å². The van der Waals surface area contributed by atoms with Crippen molar-refractivity contribution in [2.24, 2.45) is 0 Å². The molecule has 0 saturated heterocycles. The molecule has 1 atom stereocenters. The van der Waals surface area contributed by atoms with Crippen molar-refractivity contribution in [2.75, 3.05) is 11.4 Å². The summed E-state index contributed by atoms with van der Waals surface area (Å²) in [7, 11) is 0. The Morgan fingerprint density at radius 2 is 2.14 bits per heavy atom. The lowest BCUT2D eigenvalue weighted by Crippen LogP contribution is -2.40. The number of carbonyl (C=O) groups is 1. The number of aromatic nitrogens is 4. The molecule has 150 valence electrons. The van der Waals surface area contributed by atoms with Crippen molar-refractivity contribution in [2.45, 2.75) is 55.4 Å². The molecule has 1 saturated carbocycles. The molecule has 1 amide bonds. The smallest absolute Gasteiger partial charge is 0.406 e. The van der Waals surface area contributed by atoms with Gasteiger partial charge in [-0.3, -0.25) is 4.79 Å². The quantitative estimate of drug-likeness (QED) is 0.700. The van der Waals surface area contributed by atoms with E-state index in [2.05, 4.69) is 20.3 Å². The molecule has 7 nitrogen and oxygen atoms in total. The fraction of sp³-hybridized carbons (Fsp3) is 0.529. The third-order valence-corrected chi connectivity index (χ3v) is 5.69. The summed E-state index contributed by atoms with van der Waals surface area (Å²) in [5, 5.41) is 11.9. The first-order valence-corrected chi connectivity index (χ1v) is 9.84. The highest BCUT2D eigenvalue weighted by Crippen LogP contribution is 2.38. The molecule has 2 aliphatic rings. The Morgan fingerprint density at radius 1 is 1.36 bits per heavy atom. The van der Waals surface area contributed by atoms with E-state index in [1.807, 2.05) is 0 Å². The lowest BCUT2D eigenvalue weighted by atomic mass is 10.0. The summed E-state index contributed by atoms with van der Waals surface area (Å²) in [5.41, 5.74) is 1.29.